The number of nitrogen functional groups attached to an aromatic ring is 2. The maximum Gasteiger partial charge on any atom is 0.112 e. The van der Waals surface area contributed by atoms with Gasteiger partial charge in [-0.15, -0.1) is 0 Å². The van der Waals surface area contributed by atoms with Crippen LogP contribution in [0.4, 0.5) is 11.4 Å². The number of benzene rings is 1. The van der Waals surface area contributed by atoms with Gasteiger partial charge in [0.2, 0.25) is 0 Å². The smallest absolute Gasteiger partial charge is 0.112 e. The minimum absolute atomic E-state index is 0.462. The number of nitrogens with two attached hydrogens (primary N) is 2. The van der Waals surface area contributed by atoms with E-state index in [0.717, 1.165) is 0 Å². The molecule has 2 unspecified atom stereocenters. The van der Waals surface area contributed by atoms with Gasteiger partial charge in [-0.25, -0.2) is 0 Å². The van der Waals surface area contributed by atoms with Crippen LogP contribution in [0, 0.1) is 0 Å². The molecule has 4 nitrogen and oxygen atoms in total. The van der Waals surface area contributed by atoms with Gasteiger partial charge < -0.3 is 21.3 Å². The molecule has 4 heteroatoms. The van der Waals surface area contributed by atoms with Crippen molar-refractivity contribution >= 4 is 11.4 Å². The maximum absolute atomic E-state index is 9.78. The third-order valence-electron chi connectivity index (χ3n) is 2.48. The van der Waals surface area contributed by atoms with Gasteiger partial charge in [0.25, 0.3) is 0 Å². The summed E-state index contributed by atoms with van der Waals surface area (Å²) in [5.41, 5.74) is 13.4. The molecule has 0 bridgehead atoms. The zero-order valence-corrected chi connectivity index (χ0v) is 9.10. The summed E-state index contributed by atoms with van der Waals surface area (Å²) in [6.45, 7) is 1.88. The van der Waals surface area contributed by atoms with E-state index in [-0.39, 0.29) is 0 Å². The average Bonchev–Trinajstić information content (AvgIpc) is 2.22. The Morgan fingerprint density at radius 1 is 1.33 bits per heavy atom. The molecule has 15 heavy (non-hydrogen) atoms. The number of aliphatic hydroxyl groups is 1. The lowest BCUT2D eigenvalue weighted by molar-refractivity contribution is -0.0140. The molecule has 0 fully saturated rings. The molecule has 0 aliphatic heterocycles. The lowest BCUT2D eigenvalue weighted by Gasteiger charge is -2.23. The molecule has 0 saturated heterocycles. The molecule has 0 saturated carbocycles. The number of aliphatic hydroxyl groups excluding tert-OH is 1. The van der Waals surface area contributed by atoms with E-state index in [1.54, 1.807) is 18.2 Å². The highest BCUT2D eigenvalue weighted by molar-refractivity contribution is 5.62. The van der Waals surface area contributed by atoms with Crippen molar-refractivity contribution in [1.82, 2.24) is 0 Å². The number of hydrogen-bond acceptors (Lipinski definition) is 4. The number of rotatable bonds is 4. The Kier molecular flexibility index (Phi) is 3.94. The zero-order valence-electron chi connectivity index (χ0n) is 9.10. The molecule has 84 valence electrons. The lowest BCUT2D eigenvalue weighted by Crippen LogP contribution is -2.21. The van der Waals surface area contributed by atoms with Crippen LogP contribution < -0.4 is 11.5 Å². The van der Waals surface area contributed by atoms with E-state index in [1.165, 1.54) is 7.11 Å². The number of methoxy groups -OCH3 is 1. The summed E-state index contributed by atoms with van der Waals surface area (Å²) in [4.78, 5) is 0. The van der Waals surface area contributed by atoms with E-state index >= 15 is 0 Å². The second-order valence-corrected chi connectivity index (χ2v) is 3.48. The van der Waals surface area contributed by atoms with Gasteiger partial charge in [0.1, 0.15) is 6.10 Å². The standard InChI is InChI=1S/C11H18N2O2/c1-3-9(14)11(15-2)10-7(12)5-4-6-8(10)13/h4-6,9,11,14H,3,12-13H2,1-2H3. The zero-order chi connectivity index (χ0) is 11.4. The first kappa shape index (κ1) is 11.8. The summed E-state index contributed by atoms with van der Waals surface area (Å²) >= 11 is 0. The predicted octanol–water partition coefficient (Wildman–Crippen LogP) is 1.31. The summed E-state index contributed by atoms with van der Waals surface area (Å²) in [6, 6.07) is 5.28. The van der Waals surface area contributed by atoms with Gasteiger partial charge in [0, 0.05) is 24.0 Å². The molecule has 0 heterocycles. The molecule has 1 rings (SSSR count). The van der Waals surface area contributed by atoms with Crippen LogP contribution in [0.2, 0.25) is 0 Å². The van der Waals surface area contributed by atoms with Gasteiger partial charge in [-0.3, -0.25) is 0 Å². The van der Waals surface area contributed by atoms with Gasteiger partial charge in [-0.2, -0.15) is 0 Å². The first-order valence-corrected chi connectivity index (χ1v) is 4.96. The Bertz CT molecular complexity index is 308. The van der Waals surface area contributed by atoms with Gasteiger partial charge in [-0.05, 0) is 18.6 Å². The highest BCUT2D eigenvalue weighted by Gasteiger charge is 2.23. The molecule has 1 aromatic carbocycles. The summed E-state index contributed by atoms with van der Waals surface area (Å²) in [5, 5.41) is 9.78. The van der Waals surface area contributed by atoms with Crippen LogP contribution in [0.25, 0.3) is 0 Å². The minimum atomic E-state index is -0.595. The molecule has 0 spiro atoms. The highest BCUT2D eigenvalue weighted by atomic mass is 16.5. The average molecular weight is 210 g/mol. The van der Waals surface area contributed by atoms with Crippen molar-refractivity contribution in [1.29, 1.82) is 0 Å². The second kappa shape index (κ2) is 5.00. The topological polar surface area (TPSA) is 81.5 Å². The second-order valence-electron chi connectivity index (χ2n) is 3.48. The van der Waals surface area contributed by atoms with Crippen LogP contribution in [0.5, 0.6) is 0 Å². The van der Waals surface area contributed by atoms with E-state index in [9.17, 15) is 5.11 Å². The Morgan fingerprint density at radius 2 is 1.87 bits per heavy atom. The Morgan fingerprint density at radius 3 is 2.27 bits per heavy atom. The fraction of sp³-hybridized carbons (Fsp3) is 0.455. The van der Waals surface area contributed by atoms with Crippen LogP contribution in [-0.2, 0) is 4.74 Å². The molecule has 5 N–H and O–H groups in total. The van der Waals surface area contributed by atoms with Crippen LogP contribution in [0.1, 0.15) is 25.0 Å². The molecule has 0 aromatic heterocycles. The van der Waals surface area contributed by atoms with Crippen molar-refractivity contribution < 1.29 is 9.84 Å². The molecule has 0 radical (unpaired) electrons. The van der Waals surface area contributed by atoms with Crippen molar-refractivity contribution in [2.45, 2.75) is 25.6 Å². The van der Waals surface area contributed by atoms with Crippen LogP contribution in [-0.4, -0.2) is 18.3 Å². The minimum Gasteiger partial charge on any atom is -0.398 e. The van der Waals surface area contributed by atoms with Gasteiger partial charge in [0.05, 0.1) is 6.10 Å². The number of ether oxygens (including phenoxy) is 1. The van der Waals surface area contributed by atoms with E-state index in [4.69, 9.17) is 16.2 Å². The molecule has 2 atom stereocenters. The fourth-order valence-electron chi connectivity index (χ4n) is 1.61. The molecule has 1 aromatic rings. The number of hydrogen-bond donors (Lipinski definition) is 3. The van der Waals surface area contributed by atoms with Gasteiger partial charge in [0.15, 0.2) is 0 Å². The summed E-state index contributed by atoms with van der Waals surface area (Å²) in [6.07, 6.45) is -0.468. The third kappa shape index (κ3) is 2.40. The maximum atomic E-state index is 9.78. The summed E-state index contributed by atoms with van der Waals surface area (Å²) in [5.74, 6) is 0. The van der Waals surface area contributed by atoms with E-state index in [1.807, 2.05) is 6.92 Å². The molecular weight excluding hydrogens is 192 g/mol. The summed E-state index contributed by atoms with van der Waals surface area (Å²) < 4.78 is 5.24. The fourth-order valence-corrected chi connectivity index (χ4v) is 1.61. The van der Waals surface area contributed by atoms with Gasteiger partial charge >= 0.3 is 0 Å². The molecule has 0 aliphatic rings. The lowest BCUT2D eigenvalue weighted by atomic mass is 9.99. The van der Waals surface area contributed by atoms with Gasteiger partial charge in [-0.1, -0.05) is 13.0 Å². The Hall–Kier alpha value is -1.26. The highest BCUT2D eigenvalue weighted by Crippen LogP contribution is 2.32. The van der Waals surface area contributed by atoms with Crippen molar-refractivity contribution in [3.05, 3.63) is 23.8 Å². The van der Waals surface area contributed by atoms with E-state index in [0.29, 0.717) is 23.4 Å². The largest absolute Gasteiger partial charge is 0.398 e. The van der Waals surface area contributed by atoms with Crippen LogP contribution in [0.3, 0.4) is 0 Å². The van der Waals surface area contributed by atoms with Crippen molar-refractivity contribution in [2.75, 3.05) is 18.6 Å². The molecule has 0 amide bonds. The van der Waals surface area contributed by atoms with Crippen molar-refractivity contribution in [2.24, 2.45) is 0 Å². The molecule has 0 aliphatic carbocycles. The summed E-state index contributed by atoms with van der Waals surface area (Å²) in [7, 11) is 1.54. The SMILES string of the molecule is CCC(O)C(OC)c1c(N)cccc1N. The van der Waals surface area contributed by atoms with Crippen molar-refractivity contribution in [3.8, 4) is 0 Å². The van der Waals surface area contributed by atoms with Crippen LogP contribution in [0.15, 0.2) is 18.2 Å². The van der Waals surface area contributed by atoms with E-state index < -0.39 is 12.2 Å². The first-order valence-electron chi connectivity index (χ1n) is 4.96. The monoisotopic (exact) mass is 210 g/mol. The van der Waals surface area contributed by atoms with E-state index in [2.05, 4.69) is 0 Å². The quantitative estimate of drug-likeness (QED) is 0.654. The van der Waals surface area contributed by atoms with Crippen LogP contribution >= 0.6 is 0 Å². The predicted molar refractivity (Wildman–Crippen MR) is 61.3 cm³/mol. The number of anilines is 2. The van der Waals surface area contributed by atoms with Crippen molar-refractivity contribution in [3.63, 3.8) is 0 Å². The Labute approximate surface area is 89.8 Å². The normalized spacial score (nSPS) is 14.9. The Balaban J connectivity index is 3.11. The molecular formula is C11H18N2O2. The first-order chi connectivity index (χ1) is 7.11. The third-order valence-corrected chi connectivity index (χ3v) is 2.48.